The van der Waals surface area contributed by atoms with Crippen LogP contribution >= 0.6 is 0 Å². The third kappa shape index (κ3) is 8.15. The average molecular weight is 673 g/mol. The largest absolute Gasteiger partial charge is 0.311 e. The van der Waals surface area contributed by atoms with Crippen LogP contribution in [0.15, 0.2) is 170 Å². The summed E-state index contributed by atoms with van der Waals surface area (Å²) >= 11 is 0. The minimum absolute atomic E-state index is 1.13. The van der Waals surface area contributed by atoms with E-state index in [9.17, 15) is 0 Å². The van der Waals surface area contributed by atoms with Crippen molar-refractivity contribution >= 4 is 58.4 Å². The number of rotatable bonds is 10. The van der Waals surface area contributed by atoms with Gasteiger partial charge in [0.15, 0.2) is 0 Å². The van der Waals surface area contributed by atoms with Gasteiger partial charge in [-0.3, -0.25) is 0 Å². The molecule has 0 radical (unpaired) electrons. The van der Waals surface area contributed by atoms with E-state index >= 15 is 0 Å². The molecule has 254 valence electrons. The summed E-state index contributed by atoms with van der Waals surface area (Å²) in [5.74, 6) is 0. The van der Waals surface area contributed by atoms with Crippen LogP contribution in [0.4, 0.5) is 34.1 Å². The number of hydrogen-bond acceptors (Lipinski definition) is 2. The molecule has 0 aliphatic heterocycles. The molecule has 0 aliphatic rings. The van der Waals surface area contributed by atoms with Crippen molar-refractivity contribution in [3.63, 3.8) is 0 Å². The summed E-state index contributed by atoms with van der Waals surface area (Å²) in [7, 11) is 0. The highest BCUT2D eigenvalue weighted by molar-refractivity contribution is 5.80. The van der Waals surface area contributed by atoms with Crippen LogP contribution in [-0.2, 0) is 0 Å². The van der Waals surface area contributed by atoms with Crippen molar-refractivity contribution in [2.45, 2.75) is 27.7 Å². The Morgan fingerprint density at radius 2 is 0.673 bits per heavy atom. The molecule has 0 bridgehead atoms. The maximum atomic E-state index is 2.31. The van der Waals surface area contributed by atoms with E-state index in [0.29, 0.717) is 0 Å². The molecule has 0 unspecified atom stereocenters. The van der Waals surface area contributed by atoms with Crippen LogP contribution in [0.1, 0.15) is 44.5 Å². The summed E-state index contributed by atoms with van der Waals surface area (Å²) in [6.45, 7) is 8.58. The lowest BCUT2D eigenvalue weighted by molar-refractivity contribution is 1.25. The Hall–Kier alpha value is -6.38. The van der Waals surface area contributed by atoms with E-state index in [1.807, 2.05) is 0 Å². The fourth-order valence-corrected chi connectivity index (χ4v) is 6.34. The van der Waals surface area contributed by atoms with Crippen molar-refractivity contribution in [2.24, 2.45) is 0 Å². The number of anilines is 6. The monoisotopic (exact) mass is 672 g/mol. The fraction of sp³-hybridized carbons (Fsp3) is 0.0800. The summed E-state index contributed by atoms with van der Waals surface area (Å²) in [5.41, 5.74) is 16.6. The minimum Gasteiger partial charge on any atom is -0.311 e. The van der Waals surface area contributed by atoms with Gasteiger partial charge in [0, 0.05) is 34.1 Å². The molecule has 0 aromatic heterocycles. The molecule has 52 heavy (non-hydrogen) atoms. The molecular formula is C50H44N2. The molecule has 0 aliphatic carbocycles. The summed E-state index contributed by atoms with van der Waals surface area (Å²) in [6.07, 6.45) is 8.73. The lowest BCUT2D eigenvalue weighted by Crippen LogP contribution is -2.10. The van der Waals surface area contributed by atoms with Crippen LogP contribution in [0.3, 0.4) is 0 Å². The standard InChI is InChI=1S/C50H44N2/c1-37-13-26-46(27-14-37)51(47-28-15-38(2)16-29-47)48-31-22-41(23-32-48)18-20-43-9-8-10-44(36-43)21-19-42-24-33-49(34-25-42)52(45-11-6-5-7-12-45)50-30-17-39(3)40(4)35-50/h5-36H,1-4H3. The average Bonchev–Trinajstić information content (AvgIpc) is 3.18. The second-order valence-electron chi connectivity index (χ2n) is 13.5. The van der Waals surface area contributed by atoms with Crippen LogP contribution in [0, 0.1) is 27.7 Å². The number of nitrogens with zero attached hydrogens (tertiary/aromatic N) is 2. The van der Waals surface area contributed by atoms with Crippen LogP contribution in [0.25, 0.3) is 24.3 Å². The number of hydrogen-bond donors (Lipinski definition) is 0. The lowest BCUT2D eigenvalue weighted by atomic mass is 10.1. The first kappa shape index (κ1) is 34.1. The topological polar surface area (TPSA) is 6.48 Å². The molecule has 7 aromatic carbocycles. The Morgan fingerprint density at radius 3 is 1.13 bits per heavy atom. The molecule has 2 nitrogen and oxygen atoms in total. The highest BCUT2D eigenvalue weighted by Crippen LogP contribution is 2.36. The maximum absolute atomic E-state index is 2.31. The van der Waals surface area contributed by atoms with Gasteiger partial charge in [-0.25, -0.2) is 0 Å². The number of para-hydroxylation sites is 1. The van der Waals surface area contributed by atoms with E-state index in [-0.39, 0.29) is 0 Å². The predicted octanol–water partition coefficient (Wildman–Crippen LogP) is 14.2. The Balaban J connectivity index is 1.06. The zero-order valence-electron chi connectivity index (χ0n) is 30.4. The quantitative estimate of drug-likeness (QED) is 0.133. The molecule has 0 amide bonds. The molecular weight excluding hydrogens is 629 g/mol. The predicted molar refractivity (Wildman–Crippen MR) is 225 cm³/mol. The van der Waals surface area contributed by atoms with Gasteiger partial charge in [0.25, 0.3) is 0 Å². The number of aryl methyl sites for hydroxylation is 4. The minimum atomic E-state index is 1.13. The second-order valence-corrected chi connectivity index (χ2v) is 13.5. The van der Waals surface area contributed by atoms with Crippen molar-refractivity contribution in [3.05, 3.63) is 214 Å². The SMILES string of the molecule is Cc1ccc(N(c2ccc(C)cc2)c2ccc(C=Cc3cccc(C=Cc4ccc(N(c5ccccc5)c5ccc(C)c(C)c5)cc4)c3)cc2)cc1. The van der Waals surface area contributed by atoms with Crippen molar-refractivity contribution in [1.82, 2.24) is 0 Å². The van der Waals surface area contributed by atoms with E-state index in [4.69, 9.17) is 0 Å². The molecule has 0 heterocycles. The van der Waals surface area contributed by atoms with Gasteiger partial charge in [0.05, 0.1) is 0 Å². The third-order valence-corrected chi connectivity index (χ3v) is 9.50. The van der Waals surface area contributed by atoms with Gasteiger partial charge in [-0.2, -0.15) is 0 Å². The second kappa shape index (κ2) is 15.7. The van der Waals surface area contributed by atoms with Crippen molar-refractivity contribution in [1.29, 1.82) is 0 Å². The van der Waals surface area contributed by atoms with Gasteiger partial charge >= 0.3 is 0 Å². The zero-order valence-corrected chi connectivity index (χ0v) is 30.4. The molecule has 2 heteroatoms. The van der Waals surface area contributed by atoms with Gasteiger partial charge < -0.3 is 9.80 Å². The van der Waals surface area contributed by atoms with Gasteiger partial charge in [-0.1, -0.05) is 126 Å². The maximum Gasteiger partial charge on any atom is 0.0464 e. The van der Waals surface area contributed by atoms with Crippen LogP contribution in [0.2, 0.25) is 0 Å². The summed E-state index contributed by atoms with van der Waals surface area (Å²) < 4.78 is 0. The third-order valence-electron chi connectivity index (χ3n) is 9.50. The van der Waals surface area contributed by atoms with E-state index in [0.717, 1.165) is 56.4 Å². The van der Waals surface area contributed by atoms with Gasteiger partial charge in [0.2, 0.25) is 0 Å². The van der Waals surface area contributed by atoms with E-state index in [2.05, 4.69) is 232 Å². The Bertz CT molecular complexity index is 2250. The molecule has 0 atom stereocenters. The summed E-state index contributed by atoms with van der Waals surface area (Å²) in [5, 5.41) is 0. The Morgan fingerprint density at radius 1 is 0.288 bits per heavy atom. The summed E-state index contributed by atoms with van der Waals surface area (Å²) in [6, 6.07) is 60.8. The first-order chi connectivity index (χ1) is 25.4. The molecule has 0 saturated carbocycles. The van der Waals surface area contributed by atoms with Crippen LogP contribution < -0.4 is 9.80 Å². The first-order valence-corrected chi connectivity index (χ1v) is 17.9. The Kier molecular flexibility index (Phi) is 10.3. The molecule has 0 saturated heterocycles. The normalized spacial score (nSPS) is 11.3. The molecule has 0 fully saturated rings. The summed E-state index contributed by atoms with van der Waals surface area (Å²) in [4.78, 5) is 4.62. The van der Waals surface area contributed by atoms with Crippen molar-refractivity contribution in [3.8, 4) is 0 Å². The lowest BCUT2D eigenvalue weighted by Gasteiger charge is -2.26. The first-order valence-electron chi connectivity index (χ1n) is 17.9. The fourth-order valence-electron chi connectivity index (χ4n) is 6.34. The number of benzene rings is 7. The van der Waals surface area contributed by atoms with Gasteiger partial charge in [-0.15, -0.1) is 0 Å². The smallest absolute Gasteiger partial charge is 0.0464 e. The van der Waals surface area contributed by atoms with Crippen molar-refractivity contribution in [2.75, 3.05) is 9.80 Å². The molecule has 0 N–H and O–H groups in total. The molecule has 7 rings (SSSR count). The highest BCUT2D eigenvalue weighted by Gasteiger charge is 2.14. The van der Waals surface area contributed by atoms with Gasteiger partial charge in [0.1, 0.15) is 0 Å². The molecule has 7 aromatic rings. The highest BCUT2D eigenvalue weighted by atomic mass is 15.1. The molecule has 0 spiro atoms. The van der Waals surface area contributed by atoms with E-state index in [1.165, 1.54) is 22.3 Å². The van der Waals surface area contributed by atoms with Crippen LogP contribution in [0.5, 0.6) is 0 Å². The zero-order chi connectivity index (χ0) is 35.9. The van der Waals surface area contributed by atoms with E-state index in [1.54, 1.807) is 0 Å². The van der Waals surface area contributed by atoms with E-state index < -0.39 is 0 Å². The van der Waals surface area contributed by atoms with Crippen LogP contribution in [-0.4, -0.2) is 0 Å². The van der Waals surface area contributed by atoms with Crippen molar-refractivity contribution < 1.29 is 0 Å². The Labute approximate surface area is 309 Å². The van der Waals surface area contributed by atoms with Gasteiger partial charge in [-0.05, 0) is 140 Å².